The van der Waals surface area contributed by atoms with Crippen molar-refractivity contribution in [2.24, 2.45) is 0 Å². The number of urea groups is 1. The summed E-state index contributed by atoms with van der Waals surface area (Å²) in [6.07, 6.45) is 0.108. The van der Waals surface area contributed by atoms with E-state index < -0.39 is 5.97 Å². The van der Waals surface area contributed by atoms with E-state index in [2.05, 4.69) is 0 Å². The number of hydrogen-bond acceptors (Lipinski definition) is 3. The van der Waals surface area contributed by atoms with Crippen LogP contribution in [0.5, 0.6) is 0 Å². The van der Waals surface area contributed by atoms with E-state index in [1.807, 2.05) is 12.1 Å². The summed E-state index contributed by atoms with van der Waals surface area (Å²) in [6.45, 7) is 0.404. The summed E-state index contributed by atoms with van der Waals surface area (Å²) in [7, 11) is 1.59. The second-order valence-corrected chi connectivity index (χ2v) is 4.24. The van der Waals surface area contributed by atoms with Gasteiger partial charge in [-0.25, -0.2) is 4.79 Å². The van der Waals surface area contributed by atoms with E-state index in [9.17, 15) is 9.59 Å². The van der Waals surface area contributed by atoms with Gasteiger partial charge in [0.25, 0.3) is 0 Å². The number of nitriles is 1. The maximum absolute atomic E-state index is 12.3. The molecule has 0 heterocycles. The van der Waals surface area contributed by atoms with Gasteiger partial charge in [-0.05, 0) is 12.1 Å². The van der Waals surface area contributed by atoms with Gasteiger partial charge < -0.3 is 10.0 Å². The molecule has 0 aromatic heterocycles. The molecule has 0 bridgehead atoms. The van der Waals surface area contributed by atoms with E-state index in [4.69, 9.17) is 10.4 Å². The highest BCUT2D eigenvalue weighted by molar-refractivity contribution is 5.92. The molecular weight excluding hydrogens is 258 g/mol. The standard InChI is InChI=1S/C14H17N3O3/c1-16(10-5-9-15)14(20)17(11-8-13(18)19)12-6-3-2-4-7-12/h2-4,6-7H,5,8,10-11H2,1H3,(H,18,19). The van der Waals surface area contributed by atoms with Crippen LogP contribution in [0.15, 0.2) is 30.3 Å². The Morgan fingerprint density at radius 2 is 1.90 bits per heavy atom. The molecule has 0 fully saturated rings. The zero-order chi connectivity index (χ0) is 15.0. The highest BCUT2D eigenvalue weighted by atomic mass is 16.4. The molecule has 1 rings (SSSR count). The largest absolute Gasteiger partial charge is 0.481 e. The van der Waals surface area contributed by atoms with Crippen LogP contribution in [0.1, 0.15) is 12.8 Å². The molecule has 0 saturated carbocycles. The molecule has 20 heavy (non-hydrogen) atoms. The third kappa shape index (κ3) is 4.61. The number of aliphatic carboxylic acids is 1. The summed E-state index contributed by atoms with van der Waals surface area (Å²) in [4.78, 5) is 25.8. The maximum atomic E-state index is 12.3. The van der Waals surface area contributed by atoms with Crippen molar-refractivity contribution in [3.05, 3.63) is 30.3 Å². The van der Waals surface area contributed by atoms with Crippen LogP contribution in [0.4, 0.5) is 10.5 Å². The predicted octanol–water partition coefficient (Wildman–Crippen LogP) is 1.93. The van der Waals surface area contributed by atoms with Crippen LogP contribution in [0, 0.1) is 11.3 Å². The lowest BCUT2D eigenvalue weighted by Gasteiger charge is -2.27. The fourth-order valence-corrected chi connectivity index (χ4v) is 1.67. The van der Waals surface area contributed by atoms with Gasteiger partial charge in [0.2, 0.25) is 0 Å². The Bertz CT molecular complexity index is 496. The maximum Gasteiger partial charge on any atom is 0.324 e. The number of carboxylic acid groups (broad SMARTS) is 1. The molecule has 0 aliphatic carbocycles. The zero-order valence-electron chi connectivity index (χ0n) is 11.3. The summed E-state index contributed by atoms with van der Waals surface area (Å²) in [5, 5.41) is 17.3. The first-order valence-electron chi connectivity index (χ1n) is 6.22. The molecule has 0 aliphatic heterocycles. The van der Waals surface area contributed by atoms with Gasteiger partial charge in [-0.1, -0.05) is 18.2 Å². The Kier molecular flexibility index (Phi) is 6.04. The Balaban J connectivity index is 2.84. The Morgan fingerprint density at radius 3 is 2.45 bits per heavy atom. The SMILES string of the molecule is CN(CCC#N)C(=O)N(CCC(=O)O)c1ccccc1. The molecule has 106 valence electrons. The van der Waals surface area contributed by atoms with Gasteiger partial charge in [0.1, 0.15) is 0 Å². The first-order valence-corrected chi connectivity index (χ1v) is 6.22. The van der Waals surface area contributed by atoms with Crippen molar-refractivity contribution in [3.63, 3.8) is 0 Å². The molecule has 0 radical (unpaired) electrons. The van der Waals surface area contributed by atoms with Crippen LogP contribution < -0.4 is 4.90 Å². The number of nitrogens with zero attached hydrogens (tertiary/aromatic N) is 3. The normalized spacial score (nSPS) is 9.60. The number of para-hydroxylation sites is 1. The fourth-order valence-electron chi connectivity index (χ4n) is 1.67. The van der Waals surface area contributed by atoms with Gasteiger partial charge in [-0.3, -0.25) is 9.69 Å². The lowest BCUT2D eigenvalue weighted by atomic mass is 10.2. The molecule has 0 saturated heterocycles. The Labute approximate surface area is 117 Å². The van der Waals surface area contributed by atoms with Crippen LogP contribution in [-0.4, -0.2) is 42.1 Å². The third-order valence-corrected chi connectivity index (χ3v) is 2.73. The second-order valence-electron chi connectivity index (χ2n) is 4.24. The minimum Gasteiger partial charge on any atom is -0.481 e. The molecule has 0 spiro atoms. The van der Waals surface area contributed by atoms with E-state index in [-0.39, 0.29) is 25.4 Å². The molecule has 1 N–H and O–H groups in total. The van der Waals surface area contributed by atoms with Crippen LogP contribution in [-0.2, 0) is 4.79 Å². The monoisotopic (exact) mass is 275 g/mol. The van der Waals surface area contributed by atoms with Crippen LogP contribution >= 0.6 is 0 Å². The molecule has 1 aromatic rings. The number of carbonyl (C=O) groups is 2. The summed E-state index contributed by atoms with van der Waals surface area (Å²) in [5.41, 5.74) is 0.641. The van der Waals surface area contributed by atoms with Gasteiger partial charge in [0.15, 0.2) is 0 Å². The predicted molar refractivity (Wildman–Crippen MR) is 74.3 cm³/mol. The minimum absolute atomic E-state index is 0.0923. The van der Waals surface area contributed by atoms with Gasteiger partial charge in [0.05, 0.1) is 18.9 Å². The molecule has 6 nitrogen and oxygen atoms in total. The van der Waals surface area contributed by atoms with Crippen LogP contribution in [0.25, 0.3) is 0 Å². The third-order valence-electron chi connectivity index (χ3n) is 2.73. The lowest BCUT2D eigenvalue weighted by molar-refractivity contribution is -0.136. The van der Waals surface area contributed by atoms with Gasteiger partial charge in [-0.15, -0.1) is 0 Å². The number of carbonyl (C=O) groups excluding carboxylic acids is 1. The number of benzene rings is 1. The Hall–Kier alpha value is -2.55. The zero-order valence-corrected chi connectivity index (χ0v) is 11.3. The molecule has 1 aromatic carbocycles. The quantitative estimate of drug-likeness (QED) is 0.859. The fraction of sp³-hybridized carbons (Fsp3) is 0.357. The Morgan fingerprint density at radius 1 is 1.25 bits per heavy atom. The number of carboxylic acids is 1. The first kappa shape index (κ1) is 15.5. The molecule has 0 aliphatic rings. The summed E-state index contributed by atoms with van der Waals surface area (Å²) in [5.74, 6) is -0.960. The van der Waals surface area contributed by atoms with Crippen molar-refractivity contribution in [2.75, 3.05) is 25.0 Å². The molecule has 6 heteroatoms. The van der Waals surface area contributed by atoms with Crippen LogP contribution in [0.2, 0.25) is 0 Å². The van der Waals surface area contributed by atoms with Gasteiger partial charge in [-0.2, -0.15) is 5.26 Å². The van der Waals surface area contributed by atoms with E-state index in [0.717, 1.165) is 0 Å². The molecule has 2 amide bonds. The molecular formula is C14H17N3O3. The molecule has 0 atom stereocenters. The topological polar surface area (TPSA) is 84.6 Å². The van der Waals surface area contributed by atoms with Crippen molar-refractivity contribution in [1.82, 2.24) is 4.90 Å². The van der Waals surface area contributed by atoms with Crippen molar-refractivity contribution in [2.45, 2.75) is 12.8 Å². The first-order chi connectivity index (χ1) is 9.56. The average Bonchev–Trinajstić information content (AvgIpc) is 2.45. The minimum atomic E-state index is -0.960. The number of rotatable bonds is 6. The van der Waals surface area contributed by atoms with Crippen molar-refractivity contribution in [1.29, 1.82) is 5.26 Å². The van der Waals surface area contributed by atoms with Crippen molar-refractivity contribution in [3.8, 4) is 6.07 Å². The van der Waals surface area contributed by atoms with E-state index in [0.29, 0.717) is 12.2 Å². The van der Waals surface area contributed by atoms with Crippen molar-refractivity contribution < 1.29 is 14.7 Å². The number of hydrogen-bond donors (Lipinski definition) is 1. The van der Waals surface area contributed by atoms with E-state index in [1.54, 1.807) is 31.3 Å². The second kappa shape index (κ2) is 7.79. The highest BCUT2D eigenvalue weighted by Crippen LogP contribution is 2.15. The average molecular weight is 275 g/mol. The number of amides is 2. The lowest BCUT2D eigenvalue weighted by Crippen LogP contribution is -2.42. The highest BCUT2D eigenvalue weighted by Gasteiger charge is 2.20. The smallest absolute Gasteiger partial charge is 0.324 e. The van der Waals surface area contributed by atoms with E-state index in [1.165, 1.54) is 9.80 Å². The van der Waals surface area contributed by atoms with Crippen LogP contribution in [0.3, 0.4) is 0 Å². The summed E-state index contributed by atoms with van der Waals surface area (Å²) in [6, 6.07) is 10.5. The van der Waals surface area contributed by atoms with Gasteiger partial charge >= 0.3 is 12.0 Å². The van der Waals surface area contributed by atoms with Gasteiger partial charge in [0, 0.05) is 25.8 Å². The summed E-state index contributed by atoms with van der Waals surface area (Å²) < 4.78 is 0. The molecule has 0 unspecified atom stereocenters. The number of anilines is 1. The summed E-state index contributed by atoms with van der Waals surface area (Å²) >= 11 is 0. The van der Waals surface area contributed by atoms with Crippen molar-refractivity contribution >= 4 is 17.7 Å². The van der Waals surface area contributed by atoms with E-state index >= 15 is 0 Å².